The van der Waals surface area contributed by atoms with E-state index in [4.69, 9.17) is 22.1 Å². The Hall–Kier alpha value is -1.63. The van der Waals surface area contributed by atoms with Gasteiger partial charge in [-0.05, 0) is 31.2 Å². The summed E-state index contributed by atoms with van der Waals surface area (Å²) in [6.45, 7) is 3.10. The van der Waals surface area contributed by atoms with Gasteiger partial charge in [0.05, 0.1) is 17.3 Å². The topological polar surface area (TPSA) is 77.2 Å². The predicted octanol–water partition coefficient (Wildman–Crippen LogP) is 3.34. The molecule has 0 atom stereocenters. The highest BCUT2D eigenvalue weighted by atomic mass is 35.5. The van der Waals surface area contributed by atoms with Gasteiger partial charge in [-0.2, -0.15) is 0 Å². The number of hydrogen-bond acceptors (Lipinski definition) is 5. The van der Waals surface area contributed by atoms with Crippen LogP contribution in [0.3, 0.4) is 0 Å². The third-order valence-electron chi connectivity index (χ3n) is 2.79. The number of halogens is 1. The molecule has 0 aliphatic rings. The monoisotopic (exact) mass is 339 g/mol. The van der Waals surface area contributed by atoms with Crippen LogP contribution < -0.4 is 15.8 Å². The van der Waals surface area contributed by atoms with Gasteiger partial charge in [0, 0.05) is 16.8 Å². The molecule has 118 valence electrons. The zero-order chi connectivity index (χ0) is 15.9. The van der Waals surface area contributed by atoms with Crippen LogP contribution in [0.5, 0.6) is 5.75 Å². The van der Waals surface area contributed by atoms with Crippen molar-refractivity contribution in [3.05, 3.63) is 39.3 Å². The van der Waals surface area contributed by atoms with E-state index >= 15 is 0 Å². The molecule has 0 aliphatic heterocycles. The van der Waals surface area contributed by atoms with E-state index in [1.54, 1.807) is 23.6 Å². The minimum absolute atomic E-state index is 0.289. The van der Waals surface area contributed by atoms with Crippen molar-refractivity contribution in [1.29, 1.82) is 0 Å². The Balaban J connectivity index is 2.14. The van der Waals surface area contributed by atoms with Gasteiger partial charge < -0.3 is 15.8 Å². The van der Waals surface area contributed by atoms with Crippen LogP contribution in [-0.4, -0.2) is 24.0 Å². The van der Waals surface area contributed by atoms with E-state index in [0.29, 0.717) is 41.7 Å². The summed E-state index contributed by atoms with van der Waals surface area (Å²) >= 11 is 7.42. The maximum absolute atomic E-state index is 12.3. The van der Waals surface area contributed by atoms with Crippen LogP contribution >= 0.6 is 22.9 Å². The zero-order valence-electron chi connectivity index (χ0n) is 12.3. The van der Waals surface area contributed by atoms with Crippen molar-refractivity contribution in [2.24, 2.45) is 5.73 Å². The molecule has 1 aromatic carbocycles. The molecule has 1 aromatic heterocycles. The molecule has 0 unspecified atom stereocenters. The number of ether oxygens (including phenoxy) is 1. The number of aromatic nitrogens is 1. The highest BCUT2D eigenvalue weighted by Crippen LogP contribution is 2.28. The summed E-state index contributed by atoms with van der Waals surface area (Å²) in [5, 5.41) is 5.89. The molecule has 1 amide bonds. The van der Waals surface area contributed by atoms with Crippen molar-refractivity contribution in [3.8, 4) is 5.75 Å². The second-order valence-corrected chi connectivity index (χ2v) is 5.99. The molecular formula is C15H18ClN3O2S. The number of thiazole rings is 1. The molecular weight excluding hydrogens is 322 g/mol. The van der Waals surface area contributed by atoms with Crippen LogP contribution in [0.2, 0.25) is 5.02 Å². The Morgan fingerprint density at radius 1 is 1.50 bits per heavy atom. The maximum atomic E-state index is 12.3. The lowest BCUT2D eigenvalue weighted by Crippen LogP contribution is -2.14. The minimum atomic E-state index is -0.289. The number of nitrogens with two attached hydrogens (primary N) is 1. The number of benzene rings is 1. The van der Waals surface area contributed by atoms with Crippen LogP contribution in [0.1, 0.15) is 28.8 Å². The average Bonchev–Trinajstić information content (AvgIpc) is 2.96. The first-order valence-electron chi connectivity index (χ1n) is 7.02. The average molecular weight is 340 g/mol. The molecule has 2 aromatic rings. The Morgan fingerprint density at radius 2 is 2.32 bits per heavy atom. The molecule has 7 heteroatoms. The summed E-state index contributed by atoms with van der Waals surface area (Å²) in [5.74, 6) is 0.306. The summed E-state index contributed by atoms with van der Waals surface area (Å²) < 4.78 is 5.61. The molecule has 5 nitrogen and oxygen atoms in total. The number of carbonyl (C=O) groups is 1. The zero-order valence-corrected chi connectivity index (χ0v) is 13.8. The van der Waals surface area contributed by atoms with E-state index in [1.165, 1.54) is 11.3 Å². The Morgan fingerprint density at radius 3 is 3.05 bits per heavy atom. The summed E-state index contributed by atoms with van der Waals surface area (Å²) in [7, 11) is 0. The van der Waals surface area contributed by atoms with Gasteiger partial charge in [0.1, 0.15) is 11.4 Å². The van der Waals surface area contributed by atoms with E-state index in [1.807, 2.05) is 6.92 Å². The SMILES string of the molecule is CCCOc1ccc(Cl)cc1NC(=O)c1csc(CCN)n1. The van der Waals surface area contributed by atoms with Crippen molar-refractivity contribution < 1.29 is 9.53 Å². The van der Waals surface area contributed by atoms with Crippen LogP contribution in [0.15, 0.2) is 23.6 Å². The highest BCUT2D eigenvalue weighted by molar-refractivity contribution is 7.09. The van der Waals surface area contributed by atoms with Crippen molar-refractivity contribution in [2.75, 3.05) is 18.5 Å². The van der Waals surface area contributed by atoms with E-state index in [2.05, 4.69) is 10.3 Å². The third kappa shape index (κ3) is 4.43. The summed E-state index contributed by atoms with van der Waals surface area (Å²) in [6, 6.07) is 5.14. The number of nitrogens with one attached hydrogen (secondary N) is 1. The minimum Gasteiger partial charge on any atom is -0.491 e. The summed E-state index contributed by atoms with van der Waals surface area (Å²) in [4.78, 5) is 16.5. The molecule has 0 aliphatic carbocycles. The number of carbonyl (C=O) groups excluding carboxylic acids is 1. The molecule has 1 heterocycles. The van der Waals surface area contributed by atoms with Crippen LogP contribution in [0.25, 0.3) is 0 Å². The van der Waals surface area contributed by atoms with E-state index in [-0.39, 0.29) is 5.91 Å². The molecule has 0 radical (unpaired) electrons. The molecule has 22 heavy (non-hydrogen) atoms. The Labute approximate surface area is 138 Å². The molecule has 2 rings (SSSR count). The fraction of sp³-hybridized carbons (Fsp3) is 0.333. The van der Waals surface area contributed by atoms with Gasteiger partial charge in [0.25, 0.3) is 5.91 Å². The van der Waals surface area contributed by atoms with Gasteiger partial charge in [-0.1, -0.05) is 18.5 Å². The first-order chi connectivity index (χ1) is 10.6. The lowest BCUT2D eigenvalue weighted by atomic mass is 10.2. The molecule has 3 N–H and O–H groups in total. The van der Waals surface area contributed by atoms with Gasteiger partial charge in [0.2, 0.25) is 0 Å². The normalized spacial score (nSPS) is 10.5. The second-order valence-electron chi connectivity index (χ2n) is 4.61. The fourth-order valence-electron chi connectivity index (χ4n) is 1.78. The van der Waals surface area contributed by atoms with Crippen LogP contribution in [-0.2, 0) is 6.42 Å². The quantitative estimate of drug-likeness (QED) is 0.811. The molecule has 0 spiro atoms. The predicted molar refractivity (Wildman–Crippen MR) is 90.1 cm³/mol. The molecule has 0 fully saturated rings. The van der Waals surface area contributed by atoms with Crippen molar-refractivity contribution >= 4 is 34.5 Å². The van der Waals surface area contributed by atoms with Gasteiger partial charge in [-0.15, -0.1) is 11.3 Å². The number of nitrogens with zero attached hydrogens (tertiary/aromatic N) is 1. The van der Waals surface area contributed by atoms with Crippen LogP contribution in [0.4, 0.5) is 5.69 Å². The summed E-state index contributed by atoms with van der Waals surface area (Å²) in [6.07, 6.45) is 1.55. The second kappa shape index (κ2) is 8.12. The van der Waals surface area contributed by atoms with Crippen molar-refractivity contribution in [3.63, 3.8) is 0 Å². The Bertz CT molecular complexity index is 645. The first kappa shape index (κ1) is 16.7. The molecule has 0 saturated heterocycles. The number of rotatable bonds is 7. The smallest absolute Gasteiger partial charge is 0.275 e. The van der Waals surface area contributed by atoms with E-state index in [9.17, 15) is 4.79 Å². The third-order valence-corrected chi connectivity index (χ3v) is 3.94. The van der Waals surface area contributed by atoms with E-state index in [0.717, 1.165) is 11.4 Å². The van der Waals surface area contributed by atoms with Gasteiger partial charge >= 0.3 is 0 Å². The maximum Gasteiger partial charge on any atom is 0.275 e. The lowest BCUT2D eigenvalue weighted by Gasteiger charge is -2.11. The molecule has 0 bridgehead atoms. The lowest BCUT2D eigenvalue weighted by molar-refractivity contribution is 0.102. The fourth-order valence-corrected chi connectivity index (χ4v) is 2.74. The first-order valence-corrected chi connectivity index (χ1v) is 8.28. The van der Waals surface area contributed by atoms with Gasteiger partial charge in [-0.3, -0.25) is 4.79 Å². The van der Waals surface area contributed by atoms with Crippen LogP contribution in [0, 0.1) is 0 Å². The number of hydrogen-bond donors (Lipinski definition) is 2. The van der Waals surface area contributed by atoms with Crippen molar-refractivity contribution in [2.45, 2.75) is 19.8 Å². The summed E-state index contributed by atoms with van der Waals surface area (Å²) in [5.41, 5.74) is 6.40. The number of anilines is 1. The Kier molecular flexibility index (Phi) is 6.18. The molecule has 0 saturated carbocycles. The highest BCUT2D eigenvalue weighted by Gasteiger charge is 2.14. The van der Waals surface area contributed by atoms with Gasteiger partial charge in [0.15, 0.2) is 0 Å². The van der Waals surface area contributed by atoms with Crippen molar-refractivity contribution in [1.82, 2.24) is 4.98 Å². The van der Waals surface area contributed by atoms with Gasteiger partial charge in [-0.25, -0.2) is 4.98 Å². The largest absolute Gasteiger partial charge is 0.491 e. The number of amides is 1. The van der Waals surface area contributed by atoms with E-state index < -0.39 is 0 Å². The standard InChI is InChI=1S/C15H18ClN3O2S/c1-2-7-21-13-4-3-10(16)8-11(13)19-15(20)12-9-22-14(18-12)5-6-17/h3-4,8-9H,2,5-7,17H2,1H3,(H,19,20).